The number of aromatic nitrogens is 1. The number of hydrogen-bond donors (Lipinski definition) is 1. The SMILES string of the molecule is Cc1ccc(C(N)c2ccc(Cl)cc2)c(=O)n1CC(C)C. The van der Waals surface area contributed by atoms with Crippen molar-refractivity contribution in [3.05, 3.63) is 68.6 Å². The lowest BCUT2D eigenvalue weighted by Gasteiger charge is -2.17. The third-order valence-corrected chi connectivity index (χ3v) is 3.79. The van der Waals surface area contributed by atoms with Crippen molar-refractivity contribution in [1.29, 1.82) is 0 Å². The lowest BCUT2D eigenvalue weighted by molar-refractivity contribution is 0.498. The van der Waals surface area contributed by atoms with Crippen LogP contribution in [0.3, 0.4) is 0 Å². The van der Waals surface area contributed by atoms with E-state index in [-0.39, 0.29) is 5.56 Å². The van der Waals surface area contributed by atoms with Gasteiger partial charge in [-0.3, -0.25) is 4.79 Å². The molecule has 0 bridgehead atoms. The zero-order chi connectivity index (χ0) is 15.6. The predicted molar refractivity (Wildman–Crippen MR) is 87.8 cm³/mol. The molecule has 1 aromatic carbocycles. The van der Waals surface area contributed by atoms with E-state index in [1.54, 1.807) is 16.7 Å². The van der Waals surface area contributed by atoms with E-state index < -0.39 is 6.04 Å². The first-order chi connectivity index (χ1) is 9.90. The van der Waals surface area contributed by atoms with Crippen molar-refractivity contribution in [2.75, 3.05) is 0 Å². The van der Waals surface area contributed by atoms with Gasteiger partial charge in [0.1, 0.15) is 0 Å². The van der Waals surface area contributed by atoms with E-state index in [0.29, 0.717) is 23.0 Å². The fraction of sp³-hybridized carbons (Fsp3) is 0.353. The van der Waals surface area contributed by atoms with Crippen LogP contribution in [0.25, 0.3) is 0 Å². The van der Waals surface area contributed by atoms with Gasteiger partial charge in [-0.15, -0.1) is 0 Å². The van der Waals surface area contributed by atoms with Crippen LogP contribution in [-0.2, 0) is 6.54 Å². The van der Waals surface area contributed by atoms with Gasteiger partial charge in [0.2, 0.25) is 0 Å². The standard InChI is InChI=1S/C17H21ClN2O/c1-11(2)10-20-12(3)4-9-15(17(20)21)16(19)13-5-7-14(18)8-6-13/h4-9,11,16H,10,19H2,1-3H3. The first kappa shape index (κ1) is 15.8. The van der Waals surface area contributed by atoms with Crippen molar-refractivity contribution >= 4 is 11.6 Å². The van der Waals surface area contributed by atoms with Crippen LogP contribution in [0.5, 0.6) is 0 Å². The third kappa shape index (κ3) is 3.55. The normalized spacial score (nSPS) is 12.7. The van der Waals surface area contributed by atoms with Crippen molar-refractivity contribution in [1.82, 2.24) is 4.57 Å². The molecule has 112 valence electrons. The van der Waals surface area contributed by atoms with Crippen molar-refractivity contribution in [2.45, 2.75) is 33.4 Å². The highest BCUT2D eigenvalue weighted by molar-refractivity contribution is 6.30. The minimum absolute atomic E-state index is 0.00819. The summed E-state index contributed by atoms with van der Waals surface area (Å²) >= 11 is 5.89. The van der Waals surface area contributed by atoms with Crippen molar-refractivity contribution in [2.24, 2.45) is 11.7 Å². The first-order valence-electron chi connectivity index (χ1n) is 7.11. The number of nitrogens with two attached hydrogens (primary N) is 1. The van der Waals surface area contributed by atoms with E-state index in [2.05, 4.69) is 13.8 Å². The molecule has 0 amide bonds. The summed E-state index contributed by atoms with van der Waals surface area (Å²) in [6.07, 6.45) is 0. The lowest BCUT2D eigenvalue weighted by Crippen LogP contribution is -2.31. The van der Waals surface area contributed by atoms with Gasteiger partial charge in [0.15, 0.2) is 0 Å². The Labute approximate surface area is 130 Å². The molecule has 0 spiro atoms. The second kappa shape index (κ2) is 6.46. The monoisotopic (exact) mass is 304 g/mol. The number of nitrogens with zero attached hydrogens (tertiary/aromatic N) is 1. The molecule has 0 saturated heterocycles. The molecule has 0 aliphatic heterocycles. The van der Waals surface area contributed by atoms with Gasteiger partial charge in [-0.2, -0.15) is 0 Å². The highest BCUT2D eigenvalue weighted by Crippen LogP contribution is 2.19. The molecule has 1 aromatic heterocycles. The average Bonchev–Trinajstić information content (AvgIpc) is 2.43. The Morgan fingerprint density at radius 1 is 1.14 bits per heavy atom. The van der Waals surface area contributed by atoms with Crippen LogP contribution >= 0.6 is 11.6 Å². The van der Waals surface area contributed by atoms with Crippen LogP contribution in [0.15, 0.2) is 41.2 Å². The highest BCUT2D eigenvalue weighted by Gasteiger charge is 2.15. The Morgan fingerprint density at radius 2 is 1.76 bits per heavy atom. The molecule has 3 nitrogen and oxygen atoms in total. The molecule has 0 fully saturated rings. The van der Waals surface area contributed by atoms with Gasteiger partial charge in [-0.05, 0) is 42.7 Å². The molecule has 4 heteroatoms. The minimum Gasteiger partial charge on any atom is -0.320 e. The molecule has 1 unspecified atom stereocenters. The number of halogens is 1. The summed E-state index contributed by atoms with van der Waals surface area (Å²) in [5.74, 6) is 0.406. The van der Waals surface area contributed by atoms with Crippen molar-refractivity contribution in [3.8, 4) is 0 Å². The topological polar surface area (TPSA) is 48.0 Å². The molecule has 1 heterocycles. The molecule has 2 rings (SSSR count). The van der Waals surface area contributed by atoms with Gasteiger partial charge in [-0.25, -0.2) is 0 Å². The van der Waals surface area contributed by atoms with Gasteiger partial charge in [0, 0.05) is 22.8 Å². The summed E-state index contributed by atoms with van der Waals surface area (Å²) in [6.45, 7) is 6.84. The summed E-state index contributed by atoms with van der Waals surface area (Å²) in [5.41, 5.74) is 8.71. The number of pyridine rings is 1. The van der Waals surface area contributed by atoms with Gasteiger partial charge >= 0.3 is 0 Å². The highest BCUT2D eigenvalue weighted by atomic mass is 35.5. The van der Waals surface area contributed by atoms with E-state index in [1.807, 2.05) is 31.2 Å². The van der Waals surface area contributed by atoms with Crippen LogP contribution in [-0.4, -0.2) is 4.57 Å². The summed E-state index contributed by atoms with van der Waals surface area (Å²) in [7, 11) is 0. The molecule has 2 aromatic rings. The van der Waals surface area contributed by atoms with Gasteiger partial charge < -0.3 is 10.3 Å². The fourth-order valence-corrected chi connectivity index (χ4v) is 2.49. The van der Waals surface area contributed by atoms with Crippen LogP contribution in [0.4, 0.5) is 0 Å². The van der Waals surface area contributed by atoms with Crippen LogP contribution in [0.2, 0.25) is 5.02 Å². The second-order valence-electron chi connectivity index (χ2n) is 5.77. The minimum atomic E-state index is -0.436. The second-order valence-corrected chi connectivity index (χ2v) is 6.21. The Bertz CT molecular complexity index is 674. The quantitative estimate of drug-likeness (QED) is 0.939. The van der Waals surface area contributed by atoms with Crippen molar-refractivity contribution < 1.29 is 0 Å². The molecule has 2 N–H and O–H groups in total. The predicted octanol–water partition coefficient (Wildman–Crippen LogP) is 3.51. The number of aryl methyl sites for hydroxylation is 1. The molecule has 1 atom stereocenters. The van der Waals surface area contributed by atoms with Crippen LogP contribution in [0, 0.1) is 12.8 Å². The van der Waals surface area contributed by atoms with Crippen molar-refractivity contribution in [3.63, 3.8) is 0 Å². The van der Waals surface area contributed by atoms with E-state index >= 15 is 0 Å². The first-order valence-corrected chi connectivity index (χ1v) is 7.49. The Morgan fingerprint density at radius 3 is 2.33 bits per heavy atom. The molecule has 0 saturated carbocycles. The molecule has 0 aliphatic rings. The zero-order valence-corrected chi connectivity index (χ0v) is 13.4. The fourth-order valence-electron chi connectivity index (χ4n) is 2.37. The number of benzene rings is 1. The van der Waals surface area contributed by atoms with Crippen LogP contribution in [0.1, 0.15) is 36.7 Å². The Kier molecular flexibility index (Phi) is 4.86. The van der Waals surface area contributed by atoms with Gasteiger partial charge in [0.05, 0.1) is 6.04 Å². The maximum atomic E-state index is 12.7. The number of rotatable bonds is 4. The Balaban J connectivity index is 2.44. The zero-order valence-electron chi connectivity index (χ0n) is 12.6. The maximum Gasteiger partial charge on any atom is 0.255 e. The largest absolute Gasteiger partial charge is 0.320 e. The average molecular weight is 305 g/mol. The van der Waals surface area contributed by atoms with E-state index in [0.717, 1.165) is 11.3 Å². The van der Waals surface area contributed by atoms with Crippen LogP contribution < -0.4 is 11.3 Å². The lowest BCUT2D eigenvalue weighted by atomic mass is 10.0. The third-order valence-electron chi connectivity index (χ3n) is 3.53. The summed E-state index contributed by atoms with van der Waals surface area (Å²) in [6, 6.07) is 10.6. The van der Waals surface area contributed by atoms with E-state index in [4.69, 9.17) is 17.3 Å². The molecule has 21 heavy (non-hydrogen) atoms. The van der Waals surface area contributed by atoms with Gasteiger partial charge in [0.25, 0.3) is 5.56 Å². The number of hydrogen-bond acceptors (Lipinski definition) is 2. The van der Waals surface area contributed by atoms with Gasteiger partial charge in [-0.1, -0.05) is 37.6 Å². The molecule has 0 aliphatic carbocycles. The van der Waals surface area contributed by atoms with E-state index in [1.165, 1.54) is 0 Å². The smallest absolute Gasteiger partial charge is 0.255 e. The summed E-state index contributed by atoms with van der Waals surface area (Å²) in [4.78, 5) is 12.7. The molecular weight excluding hydrogens is 284 g/mol. The summed E-state index contributed by atoms with van der Waals surface area (Å²) in [5, 5.41) is 0.659. The Hall–Kier alpha value is -1.58. The molecular formula is C17H21ClN2O. The maximum absolute atomic E-state index is 12.7. The molecule has 0 radical (unpaired) electrons. The summed E-state index contributed by atoms with van der Waals surface area (Å²) < 4.78 is 1.80. The van der Waals surface area contributed by atoms with E-state index in [9.17, 15) is 4.79 Å².